The lowest BCUT2D eigenvalue weighted by Crippen LogP contribution is -2.31. The second kappa shape index (κ2) is 7.83. The van der Waals surface area contributed by atoms with E-state index in [-0.39, 0.29) is 0 Å². The highest BCUT2D eigenvalue weighted by Gasteiger charge is 2.15. The largest absolute Gasteiger partial charge is 0.454 e. The SMILES string of the molecule is COCCN(C)CCNCc1cc2c(cc1Br)OCO2. The topological polar surface area (TPSA) is 43.0 Å². The molecule has 0 radical (unpaired) electrons. The summed E-state index contributed by atoms with van der Waals surface area (Å²) in [4.78, 5) is 2.24. The van der Waals surface area contributed by atoms with Crippen LogP contribution in [0.3, 0.4) is 0 Å². The maximum absolute atomic E-state index is 5.39. The Morgan fingerprint density at radius 2 is 2.05 bits per heavy atom. The van der Waals surface area contributed by atoms with Crippen LogP contribution in [-0.2, 0) is 11.3 Å². The summed E-state index contributed by atoms with van der Waals surface area (Å²) < 4.78 is 16.8. The predicted octanol–water partition coefficient (Wildman–Crippen LogP) is 1.85. The molecular weight excluding hydrogens is 324 g/mol. The molecule has 0 amide bonds. The Labute approximate surface area is 128 Å². The molecule has 0 saturated carbocycles. The van der Waals surface area contributed by atoms with Crippen LogP contribution in [0, 0.1) is 0 Å². The minimum Gasteiger partial charge on any atom is -0.454 e. The van der Waals surface area contributed by atoms with Crippen LogP contribution in [0.1, 0.15) is 5.56 Å². The molecule has 1 N–H and O–H groups in total. The fraction of sp³-hybridized carbons (Fsp3) is 0.571. The number of nitrogens with one attached hydrogen (secondary N) is 1. The van der Waals surface area contributed by atoms with Gasteiger partial charge in [-0.1, -0.05) is 15.9 Å². The fourth-order valence-electron chi connectivity index (χ4n) is 1.95. The Kier molecular flexibility index (Phi) is 6.09. The van der Waals surface area contributed by atoms with Crippen LogP contribution in [0.5, 0.6) is 11.5 Å². The van der Waals surface area contributed by atoms with E-state index in [4.69, 9.17) is 14.2 Å². The molecule has 0 atom stereocenters. The lowest BCUT2D eigenvalue weighted by Gasteiger charge is -2.16. The highest BCUT2D eigenvalue weighted by atomic mass is 79.9. The number of hydrogen-bond acceptors (Lipinski definition) is 5. The Balaban J connectivity index is 1.74. The van der Waals surface area contributed by atoms with Gasteiger partial charge in [-0.2, -0.15) is 0 Å². The molecule has 0 aromatic heterocycles. The summed E-state index contributed by atoms with van der Waals surface area (Å²) in [6.07, 6.45) is 0. The molecule has 0 unspecified atom stereocenters. The van der Waals surface area contributed by atoms with Gasteiger partial charge in [0.15, 0.2) is 11.5 Å². The summed E-state index contributed by atoms with van der Waals surface area (Å²) in [6.45, 7) is 4.75. The van der Waals surface area contributed by atoms with Crippen molar-refractivity contribution in [2.75, 3.05) is 47.2 Å². The molecule has 0 fully saturated rings. The van der Waals surface area contributed by atoms with Crippen molar-refractivity contribution in [1.29, 1.82) is 0 Å². The Hall–Kier alpha value is -0.820. The number of likely N-dealkylation sites (N-methyl/N-ethyl adjacent to an activating group) is 1. The van der Waals surface area contributed by atoms with Gasteiger partial charge in [-0.05, 0) is 24.7 Å². The van der Waals surface area contributed by atoms with E-state index in [0.717, 1.165) is 48.8 Å². The Morgan fingerprint density at radius 1 is 1.30 bits per heavy atom. The van der Waals surface area contributed by atoms with Crippen molar-refractivity contribution in [2.24, 2.45) is 0 Å². The van der Waals surface area contributed by atoms with Crippen LogP contribution in [0.2, 0.25) is 0 Å². The molecule has 6 heteroatoms. The van der Waals surface area contributed by atoms with Crippen molar-refractivity contribution in [3.63, 3.8) is 0 Å². The molecular formula is C14H21BrN2O3. The summed E-state index contributed by atoms with van der Waals surface area (Å²) in [5.74, 6) is 1.63. The third-order valence-corrected chi connectivity index (χ3v) is 3.94. The average Bonchev–Trinajstić information content (AvgIpc) is 2.88. The van der Waals surface area contributed by atoms with Gasteiger partial charge in [0.2, 0.25) is 6.79 Å². The summed E-state index contributed by atoms with van der Waals surface area (Å²) in [5.41, 5.74) is 1.17. The molecule has 0 saturated heterocycles. The van der Waals surface area contributed by atoms with E-state index in [0.29, 0.717) is 6.79 Å². The zero-order valence-electron chi connectivity index (χ0n) is 11.9. The highest BCUT2D eigenvalue weighted by Crippen LogP contribution is 2.36. The molecule has 1 aliphatic rings. The van der Waals surface area contributed by atoms with E-state index in [9.17, 15) is 0 Å². The van der Waals surface area contributed by atoms with E-state index in [1.807, 2.05) is 12.1 Å². The Bertz CT molecular complexity index is 443. The van der Waals surface area contributed by atoms with Crippen LogP contribution < -0.4 is 14.8 Å². The van der Waals surface area contributed by atoms with E-state index >= 15 is 0 Å². The van der Waals surface area contributed by atoms with Crippen LogP contribution in [0.15, 0.2) is 16.6 Å². The van der Waals surface area contributed by atoms with Gasteiger partial charge in [0.25, 0.3) is 0 Å². The van der Waals surface area contributed by atoms with E-state index in [2.05, 4.69) is 33.2 Å². The van der Waals surface area contributed by atoms with Crippen molar-refractivity contribution in [3.8, 4) is 11.5 Å². The number of benzene rings is 1. The molecule has 1 aromatic carbocycles. The Morgan fingerprint density at radius 3 is 2.80 bits per heavy atom. The van der Waals surface area contributed by atoms with Crippen LogP contribution in [-0.4, -0.2) is 52.1 Å². The van der Waals surface area contributed by atoms with Crippen molar-refractivity contribution >= 4 is 15.9 Å². The van der Waals surface area contributed by atoms with Gasteiger partial charge in [0, 0.05) is 37.8 Å². The van der Waals surface area contributed by atoms with Crippen LogP contribution in [0.4, 0.5) is 0 Å². The van der Waals surface area contributed by atoms with Gasteiger partial charge >= 0.3 is 0 Å². The van der Waals surface area contributed by atoms with Crippen molar-refractivity contribution in [2.45, 2.75) is 6.54 Å². The molecule has 0 aliphatic carbocycles. The van der Waals surface area contributed by atoms with Gasteiger partial charge in [-0.15, -0.1) is 0 Å². The second-order valence-electron chi connectivity index (χ2n) is 4.77. The summed E-state index contributed by atoms with van der Waals surface area (Å²) in [7, 11) is 3.82. The smallest absolute Gasteiger partial charge is 0.231 e. The second-order valence-corrected chi connectivity index (χ2v) is 5.62. The first-order valence-electron chi connectivity index (χ1n) is 6.67. The van der Waals surface area contributed by atoms with Crippen LogP contribution in [0.25, 0.3) is 0 Å². The number of hydrogen-bond donors (Lipinski definition) is 1. The highest BCUT2D eigenvalue weighted by molar-refractivity contribution is 9.10. The maximum Gasteiger partial charge on any atom is 0.231 e. The maximum atomic E-state index is 5.39. The van der Waals surface area contributed by atoms with E-state index in [1.54, 1.807) is 7.11 Å². The number of ether oxygens (including phenoxy) is 3. The van der Waals surface area contributed by atoms with E-state index < -0.39 is 0 Å². The predicted molar refractivity (Wildman–Crippen MR) is 81.3 cm³/mol. The average molecular weight is 345 g/mol. The molecule has 0 spiro atoms. The molecule has 5 nitrogen and oxygen atoms in total. The van der Waals surface area contributed by atoms with Crippen LogP contribution >= 0.6 is 15.9 Å². The summed E-state index contributed by atoms with van der Waals surface area (Å²) >= 11 is 3.56. The first-order valence-corrected chi connectivity index (χ1v) is 7.46. The number of nitrogens with zero attached hydrogens (tertiary/aromatic N) is 1. The van der Waals surface area contributed by atoms with Gasteiger partial charge in [-0.3, -0.25) is 0 Å². The molecule has 1 heterocycles. The van der Waals surface area contributed by atoms with Gasteiger partial charge in [0.05, 0.1) is 6.61 Å². The fourth-order valence-corrected chi connectivity index (χ4v) is 2.41. The molecule has 20 heavy (non-hydrogen) atoms. The zero-order valence-corrected chi connectivity index (χ0v) is 13.5. The van der Waals surface area contributed by atoms with Gasteiger partial charge in [0.1, 0.15) is 0 Å². The molecule has 2 rings (SSSR count). The number of methoxy groups -OCH3 is 1. The van der Waals surface area contributed by atoms with Crippen molar-refractivity contribution in [3.05, 3.63) is 22.2 Å². The summed E-state index contributed by atoms with van der Waals surface area (Å²) in [6, 6.07) is 3.98. The standard InChI is InChI=1S/C14H21BrN2O3/c1-17(5-6-18-2)4-3-16-9-11-7-13-14(8-12(11)15)20-10-19-13/h7-8,16H,3-6,9-10H2,1-2H3. The molecule has 112 valence electrons. The minimum atomic E-state index is 0.308. The molecule has 1 aliphatic heterocycles. The van der Waals surface area contributed by atoms with Gasteiger partial charge < -0.3 is 24.4 Å². The number of fused-ring (bicyclic) bond motifs is 1. The van der Waals surface area contributed by atoms with Crippen molar-refractivity contribution < 1.29 is 14.2 Å². The molecule has 1 aromatic rings. The zero-order chi connectivity index (χ0) is 14.4. The quantitative estimate of drug-likeness (QED) is 0.729. The normalized spacial score (nSPS) is 13.2. The summed E-state index contributed by atoms with van der Waals surface area (Å²) in [5, 5.41) is 3.43. The van der Waals surface area contributed by atoms with E-state index in [1.165, 1.54) is 5.56 Å². The third-order valence-electron chi connectivity index (χ3n) is 3.20. The minimum absolute atomic E-state index is 0.308. The lowest BCUT2D eigenvalue weighted by molar-refractivity contribution is 0.161. The molecule has 0 bridgehead atoms. The van der Waals surface area contributed by atoms with Gasteiger partial charge in [-0.25, -0.2) is 0 Å². The monoisotopic (exact) mass is 344 g/mol. The first kappa shape index (κ1) is 15.6. The lowest BCUT2D eigenvalue weighted by atomic mass is 10.2. The number of halogens is 1. The number of rotatable bonds is 8. The van der Waals surface area contributed by atoms with Crippen molar-refractivity contribution in [1.82, 2.24) is 10.2 Å². The first-order chi connectivity index (χ1) is 9.70. The third kappa shape index (κ3) is 4.34.